The lowest BCUT2D eigenvalue weighted by Gasteiger charge is -2.11. The molecule has 0 aliphatic heterocycles. The number of aromatic nitrogens is 5. The van der Waals surface area contributed by atoms with E-state index < -0.39 is 24.0 Å². The van der Waals surface area contributed by atoms with Crippen LogP contribution in [0.3, 0.4) is 0 Å². The van der Waals surface area contributed by atoms with Crippen LogP contribution in [-0.4, -0.2) is 30.7 Å². The Kier molecular flexibility index (Phi) is 4.87. The minimum absolute atomic E-state index is 0.0638. The highest BCUT2D eigenvalue weighted by atomic mass is 19.4. The smallest absolute Gasteiger partial charge is 0.406 e. The van der Waals surface area contributed by atoms with Crippen LogP contribution in [0.4, 0.5) is 37.8 Å². The molecule has 0 saturated heterocycles. The van der Waals surface area contributed by atoms with Gasteiger partial charge in [0.2, 0.25) is 5.78 Å². The average Bonchev–Trinajstić information content (AvgIpc) is 3.09. The number of ether oxygens (including phenoxy) is 1. The molecule has 0 fully saturated rings. The van der Waals surface area contributed by atoms with Crippen molar-refractivity contribution in [3.05, 3.63) is 60.8 Å². The van der Waals surface area contributed by atoms with Crippen molar-refractivity contribution >= 4 is 17.3 Å². The maximum atomic E-state index is 13.5. The van der Waals surface area contributed by atoms with E-state index in [0.717, 1.165) is 22.7 Å². The van der Waals surface area contributed by atoms with Crippen molar-refractivity contribution in [2.75, 3.05) is 5.32 Å². The largest absolute Gasteiger partial charge is 0.573 e. The Morgan fingerprint density at radius 2 is 1.68 bits per heavy atom. The molecule has 1 N–H and O–H groups in total. The highest BCUT2D eigenvalue weighted by molar-refractivity contribution is 5.65. The standard InChI is InChI=1S/C18H10F6N6O/c19-17(20,21)15-14(30-7-1-6-26-16(30)29-15)12-8-25-9-13(28-12)27-10-2-4-11(5-3-10)31-18(22,23)24/h1-9H,(H,27,28). The first kappa shape index (κ1) is 20.4. The third kappa shape index (κ3) is 4.49. The van der Waals surface area contributed by atoms with Gasteiger partial charge in [0.05, 0.1) is 12.4 Å². The summed E-state index contributed by atoms with van der Waals surface area (Å²) in [4.78, 5) is 15.4. The van der Waals surface area contributed by atoms with Crippen molar-refractivity contribution in [1.82, 2.24) is 24.3 Å². The molecule has 4 aromatic rings. The number of nitrogens with one attached hydrogen (secondary N) is 1. The molecule has 3 heterocycles. The normalized spacial score (nSPS) is 12.2. The van der Waals surface area contributed by atoms with Crippen molar-refractivity contribution in [1.29, 1.82) is 0 Å². The van der Waals surface area contributed by atoms with Crippen LogP contribution in [0.5, 0.6) is 5.75 Å². The second-order valence-electron chi connectivity index (χ2n) is 6.08. The van der Waals surface area contributed by atoms with Crippen molar-refractivity contribution in [2.45, 2.75) is 12.5 Å². The van der Waals surface area contributed by atoms with E-state index >= 15 is 0 Å². The summed E-state index contributed by atoms with van der Waals surface area (Å²) in [7, 11) is 0. The lowest BCUT2D eigenvalue weighted by atomic mass is 10.2. The first-order chi connectivity index (χ1) is 14.6. The van der Waals surface area contributed by atoms with E-state index in [-0.39, 0.29) is 23.0 Å². The first-order valence-corrected chi connectivity index (χ1v) is 8.46. The fraction of sp³-hybridized carbons (Fsp3) is 0.111. The van der Waals surface area contributed by atoms with Gasteiger partial charge in [0.15, 0.2) is 5.69 Å². The molecule has 0 aliphatic rings. The molecule has 13 heteroatoms. The second kappa shape index (κ2) is 7.41. The number of hydrogen-bond donors (Lipinski definition) is 1. The number of benzene rings is 1. The molecule has 0 atom stereocenters. The number of imidazole rings is 1. The third-order valence-corrected chi connectivity index (χ3v) is 3.91. The Balaban J connectivity index is 1.67. The van der Waals surface area contributed by atoms with Crippen molar-refractivity contribution < 1.29 is 31.1 Å². The fourth-order valence-corrected chi connectivity index (χ4v) is 2.76. The van der Waals surface area contributed by atoms with Crippen LogP contribution in [0.1, 0.15) is 5.69 Å². The van der Waals surface area contributed by atoms with Gasteiger partial charge in [-0.3, -0.25) is 9.38 Å². The summed E-state index contributed by atoms with van der Waals surface area (Å²) in [5, 5.41) is 2.77. The second-order valence-corrected chi connectivity index (χ2v) is 6.08. The number of nitrogens with zero attached hydrogens (tertiary/aromatic N) is 5. The maximum absolute atomic E-state index is 13.5. The highest BCUT2D eigenvalue weighted by Crippen LogP contribution is 2.36. The van der Waals surface area contributed by atoms with Crippen LogP contribution in [0.15, 0.2) is 55.1 Å². The third-order valence-electron chi connectivity index (χ3n) is 3.91. The molecule has 0 radical (unpaired) electrons. The average molecular weight is 440 g/mol. The molecule has 1 aromatic carbocycles. The molecule has 0 amide bonds. The number of halogens is 6. The molecule has 7 nitrogen and oxygen atoms in total. The highest BCUT2D eigenvalue weighted by Gasteiger charge is 2.39. The van der Waals surface area contributed by atoms with Gasteiger partial charge < -0.3 is 10.1 Å². The molecule has 160 valence electrons. The Hall–Kier alpha value is -3.90. The minimum Gasteiger partial charge on any atom is -0.406 e. The number of fused-ring (bicyclic) bond motifs is 1. The van der Waals surface area contributed by atoms with Gasteiger partial charge in [-0.1, -0.05) is 0 Å². The molecule has 0 spiro atoms. The summed E-state index contributed by atoms with van der Waals surface area (Å²) < 4.78 is 82.2. The van der Waals surface area contributed by atoms with Gasteiger partial charge in [-0.15, -0.1) is 13.2 Å². The summed E-state index contributed by atoms with van der Waals surface area (Å²) in [6, 6.07) is 6.16. The zero-order valence-electron chi connectivity index (χ0n) is 15.1. The molecule has 0 saturated carbocycles. The molecule has 0 aliphatic carbocycles. The summed E-state index contributed by atoms with van der Waals surface area (Å²) in [6.07, 6.45) is -4.53. The zero-order chi connectivity index (χ0) is 22.2. The molecule has 31 heavy (non-hydrogen) atoms. The Bertz CT molecular complexity index is 1220. The van der Waals surface area contributed by atoms with E-state index in [4.69, 9.17) is 0 Å². The van der Waals surface area contributed by atoms with E-state index in [1.54, 1.807) is 0 Å². The van der Waals surface area contributed by atoms with Crippen molar-refractivity contribution in [3.63, 3.8) is 0 Å². The molecule has 0 bridgehead atoms. The van der Waals surface area contributed by atoms with E-state index in [9.17, 15) is 26.3 Å². The van der Waals surface area contributed by atoms with Crippen LogP contribution in [0.25, 0.3) is 17.2 Å². The number of rotatable bonds is 4. The number of hydrogen-bond acceptors (Lipinski definition) is 6. The zero-order valence-corrected chi connectivity index (χ0v) is 15.1. The monoisotopic (exact) mass is 440 g/mol. The predicted molar refractivity (Wildman–Crippen MR) is 95.4 cm³/mol. The number of anilines is 2. The molecule has 4 rings (SSSR count). The minimum atomic E-state index is -4.83. The Morgan fingerprint density at radius 1 is 0.935 bits per heavy atom. The summed E-state index contributed by atoms with van der Waals surface area (Å²) >= 11 is 0. The number of alkyl halides is 6. The summed E-state index contributed by atoms with van der Waals surface area (Å²) in [5.74, 6) is -0.523. The van der Waals surface area contributed by atoms with Gasteiger partial charge in [-0.05, 0) is 30.3 Å². The van der Waals surface area contributed by atoms with E-state index in [1.165, 1.54) is 36.8 Å². The maximum Gasteiger partial charge on any atom is 0.573 e. The van der Waals surface area contributed by atoms with Gasteiger partial charge in [0, 0.05) is 18.1 Å². The van der Waals surface area contributed by atoms with E-state index in [1.807, 2.05) is 0 Å². The SMILES string of the molecule is FC(F)(F)Oc1ccc(Nc2cncc(-c3c(C(F)(F)F)nc4ncccn34)n2)cc1. The van der Waals surface area contributed by atoms with Gasteiger partial charge in [-0.25, -0.2) is 15.0 Å². The van der Waals surface area contributed by atoms with Crippen molar-refractivity contribution in [2.24, 2.45) is 0 Å². The molecule has 3 aromatic heterocycles. The lowest BCUT2D eigenvalue weighted by molar-refractivity contribution is -0.274. The summed E-state index contributed by atoms with van der Waals surface area (Å²) in [5.41, 5.74) is -1.33. The van der Waals surface area contributed by atoms with E-state index in [2.05, 4.69) is 30.0 Å². The fourth-order valence-electron chi connectivity index (χ4n) is 2.76. The molecule has 0 unspecified atom stereocenters. The van der Waals surface area contributed by atoms with Gasteiger partial charge in [-0.2, -0.15) is 13.2 Å². The van der Waals surface area contributed by atoms with Crippen LogP contribution in [-0.2, 0) is 6.18 Å². The topological polar surface area (TPSA) is 77.2 Å². The first-order valence-electron chi connectivity index (χ1n) is 8.46. The van der Waals surface area contributed by atoms with Crippen LogP contribution in [0.2, 0.25) is 0 Å². The Morgan fingerprint density at radius 3 is 2.35 bits per heavy atom. The lowest BCUT2D eigenvalue weighted by Crippen LogP contribution is -2.16. The van der Waals surface area contributed by atoms with Crippen LogP contribution < -0.4 is 10.1 Å². The van der Waals surface area contributed by atoms with Gasteiger partial charge in [0.25, 0.3) is 0 Å². The Labute approximate surface area is 169 Å². The summed E-state index contributed by atoms with van der Waals surface area (Å²) in [6.45, 7) is 0. The van der Waals surface area contributed by atoms with Gasteiger partial charge in [0.1, 0.15) is 23.0 Å². The van der Waals surface area contributed by atoms with E-state index in [0.29, 0.717) is 5.69 Å². The van der Waals surface area contributed by atoms with Gasteiger partial charge >= 0.3 is 12.5 Å². The molecular weight excluding hydrogens is 430 g/mol. The quantitative estimate of drug-likeness (QED) is 0.458. The molecular formula is C18H10F6N6O. The van der Waals surface area contributed by atoms with Crippen LogP contribution >= 0.6 is 0 Å². The van der Waals surface area contributed by atoms with Crippen molar-refractivity contribution in [3.8, 4) is 17.1 Å². The predicted octanol–water partition coefficient (Wildman–Crippen LogP) is 4.85. The van der Waals surface area contributed by atoms with Crippen LogP contribution in [0, 0.1) is 0 Å².